The molecule has 0 spiro atoms. The molecular formula is C25H22N4O4S. The molecule has 0 amide bonds. The smallest absolute Gasteiger partial charge is 0.258 e. The predicted molar refractivity (Wildman–Crippen MR) is 133 cm³/mol. The molecule has 1 aliphatic carbocycles. The monoisotopic (exact) mass is 474 g/mol. The Morgan fingerprint density at radius 1 is 0.912 bits per heavy atom. The third-order valence-electron chi connectivity index (χ3n) is 6.18. The van der Waals surface area contributed by atoms with E-state index in [1.807, 2.05) is 48.7 Å². The summed E-state index contributed by atoms with van der Waals surface area (Å²) < 4.78 is 1.49. The lowest BCUT2D eigenvalue weighted by Gasteiger charge is -2.20. The van der Waals surface area contributed by atoms with E-state index in [1.54, 1.807) is 11.8 Å². The highest BCUT2D eigenvalue weighted by Crippen LogP contribution is 2.41. The van der Waals surface area contributed by atoms with Crippen LogP contribution < -0.4 is 0 Å². The fourth-order valence-corrected chi connectivity index (χ4v) is 5.87. The third-order valence-corrected chi connectivity index (χ3v) is 7.54. The van der Waals surface area contributed by atoms with Crippen LogP contribution in [0.1, 0.15) is 32.1 Å². The highest BCUT2D eigenvalue weighted by atomic mass is 32.2. The van der Waals surface area contributed by atoms with Crippen molar-refractivity contribution in [2.75, 3.05) is 0 Å². The molecule has 0 unspecified atom stereocenters. The van der Waals surface area contributed by atoms with Gasteiger partial charge in [0.05, 0.1) is 20.8 Å². The molecular weight excluding hydrogens is 452 g/mol. The van der Waals surface area contributed by atoms with E-state index in [9.17, 15) is 20.2 Å². The molecule has 5 rings (SSSR count). The summed E-state index contributed by atoms with van der Waals surface area (Å²) in [5.74, 6) is 0. The van der Waals surface area contributed by atoms with Gasteiger partial charge in [-0.15, -0.1) is 11.8 Å². The first kappa shape index (κ1) is 22.1. The first-order chi connectivity index (χ1) is 16.5. The van der Waals surface area contributed by atoms with E-state index >= 15 is 0 Å². The van der Waals surface area contributed by atoms with Crippen molar-refractivity contribution in [1.82, 2.24) is 9.78 Å². The average molecular weight is 475 g/mol. The van der Waals surface area contributed by atoms with E-state index in [2.05, 4.69) is 0 Å². The first-order valence-electron chi connectivity index (χ1n) is 11.2. The van der Waals surface area contributed by atoms with Crippen molar-refractivity contribution in [1.29, 1.82) is 0 Å². The van der Waals surface area contributed by atoms with Gasteiger partial charge < -0.3 is 0 Å². The summed E-state index contributed by atoms with van der Waals surface area (Å²) in [6.45, 7) is 0. The first-order valence-corrected chi connectivity index (χ1v) is 12.1. The summed E-state index contributed by atoms with van der Waals surface area (Å²) in [4.78, 5) is 22.6. The van der Waals surface area contributed by atoms with Gasteiger partial charge in [-0.05, 0) is 29.7 Å². The van der Waals surface area contributed by atoms with Crippen LogP contribution in [0.3, 0.4) is 0 Å². The molecule has 0 bridgehead atoms. The van der Waals surface area contributed by atoms with Gasteiger partial charge in [0, 0.05) is 23.1 Å². The van der Waals surface area contributed by atoms with Crippen molar-refractivity contribution >= 4 is 33.9 Å². The Bertz CT molecular complexity index is 1390. The second kappa shape index (κ2) is 9.26. The number of nitro benzene ring substituents is 2. The summed E-state index contributed by atoms with van der Waals surface area (Å²) in [5, 5.41) is 30.3. The van der Waals surface area contributed by atoms with Gasteiger partial charge in [-0.25, -0.2) is 4.68 Å². The molecule has 172 valence electrons. The summed E-state index contributed by atoms with van der Waals surface area (Å²) in [6.07, 6.45) is 7.73. The van der Waals surface area contributed by atoms with Crippen LogP contribution >= 0.6 is 11.8 Å². The second-order valence-corrected chi connectivity index (χ2v) is 9.72. The van der Waals surface area contributed by atoms with E-state index in [0.29, 0.717) is 5.25 Å². The molecule has 1 saturated carbocycles. The Kier molecular flexibility index (Phi) is 6.02. The quantitative estimate of drug-likeness (QED) is 0.222. The van der Waals surface area contributed by atoms with E-state index in [4.69, 9.17) is 5.10 Å². The Morgan fingerprint density at radius 3 is 2.44 bits per heavy atom. The van der Waals surface area contributed by atoms with Gasteiger partial charge in [-0.2, -0.15) is 5.10 Å². The standard InChI is InChI=1S/C25H22N4O4S/c30-28(31)18-13-14-22(23(15-18)29(32)33)27-16-24(34-19-9-2-1-3-10-19)25(26-27)21-12-6-8-17-7-4-5-11-20(17)21/h4-8,11-16,19H,1-3,9-10H2. The van der Waals surface area contributed by atoms with Gasteiger partial charge in [0.1, 0.15) is 11.4 Å². The number of hydrogen-bond donors (Lipinski definition) is 0. The molecule has 34 heavy (non-hydrogen) atoms. The number of nitrogens with zero attached hydrogens (tertiary/aromatic N) is 4. The zero-order valence-corrected chi connectivity index (χ0v) is 19.1. The van der Waals surface area contributed by atoms with Crippen LogP contribution in [-0.2, 0) is 0 Å². The van der Waals surface area contributed by atoms with Gasteiger partial charge in [-0.1, -0.05) is 61.7 Å². The van der Waals surface area contributed by atoms with Crippen LogP contribution in [0.5, 0.6) is 0 Å². The molecule has 1 fully saturated rings. The normalized spacial score (nSPS) is 14.4. The Morgan fingerprint density at radius 2 is 1.68 bits per heavy atom. The number of thioether (sulfide) groups is 1. The molecule has 8 nitrogen and oxygen atoms in total. The average Bonchev–Trinajstić information content (AvgIpc) is 3.27. The lowest BCUT2D eigenvalue weighted by molar-refractivity contribution is -0.394. The molecule has 0 aliphatic heterocycles. The number of fused-ring (bicyclic) bond motifs is 1. The minimum atomic E-state index is -0.633. The van der Waals surface area contributed by atoms with Crippen LogP contribution in [-0.4, -0.2) is 24.9 Å². The number of rotatable bonds is 6. The highest BCUT2D eigenvalue weighted by molar-refractivity contribution is 8.00. The largest absolute Gasteiger partial charge is 0.301 e. The summed E-state index contributed by atoms with van der Waals surface area (Å²) >= 11 is 1.77. The van der Waals surface area contributed by atoms with Crippen molar-refractivity contribution in [2.24, 2.45) is 0 Å². The zero-order chi connectivity index (χ0) is 23.7. The van der Waals surface area contributed by atoms with Crippen LogP contribution in [0.15, 0.2) is 71.8 Å². The topological polar surface area (TPSA) is 104 Å². The molecule has 1 aliphatic rings. The minimum Gasteiger partial charge on any atom is -0.258 e. The van der Waals surface area contributed by atoms with E-state index in [-0.39, 0.29) is 17.1 Å². The maximum absolute atomic E-state index is 11.8. The highest BCUT2D eigenvalue weighted by Gasteiger charge is 2.25. The van der Waals surface area contributed by atoms with Crippen LogP contribution in [0.4, 0.5) is 11.4 Å². The van der Waals surface area contributed by atoms with Gasteiger partial charge >= 0.3 is 5.69 Å². The Hall–Kier alpha value is -3.72. The van der Waals surface area contributed by atoms with E-state index in [1.165, 1.54) is 36.1 Å². The molecule has 0 radical (unpaired) electrons. The SMILES string of the molecule is O=[N+]([O-])c1ccc(-n2cc(SC3CCCCC3)c(-c3cccc4ccccc34)n2)c([N+](=O)[O-])c1. The maximum atomic E-state index is 11.8. The molecule has 3 aromatic carbocycles. The number of nitro groups is 2. The molecule has 1 heterocycles. The van der Waals surface area contributed by atoms with Gasteiger partial charge in [0.2, 0.25) is 0 Å². The summed E-state index contributed by atoms with van der Waals surface area (Å²) in [7, 11) is 0. The van der Waals surface area contributed by atoms with E-state index in [0.717, 1.165) is 45.8 Å². The molecule has 0 saturated heterocycles. The second-order valence-electron chi connectivity index (χ2n) is 8.38. The van der Waals surface area contributed by atoms with Crippen molar-refractivity contribution in [3.05, 3.63) is 87.1 Å². The van der Waals surface area contributed by atoms with Crippen LogP contribution in [0, 0.1) is 20.2 Å². The lowest BCUT2D eigenvalue weighted by Crippen LogP contribution is -2.07. The van der Waals surface area contributed by atoms with Crippen molar-refractivity contribution in [2.45, 2.75) is 42.2 Å². The number of aromatic nitrogens is 2. The predicted octanol–water partition coefficient (Wildman–Crippen LogP) is 6.93. The minimum absolute atomic E-state index is 0.201. The van der Waals surface area contributed by atoms with Gasteiger partial charge in [0.25, 0.3) is 5.69 Å². The maximum Gasteiger partial charge on any atom is 0.301 e. The Labute approximate surface area is 199 Å². The van der Waals surface area contributed by atoms with Crippen LogP contribution in [0.2, 0.25) is 0 Å². The van der Waals surface area contributed by atoms with Crippen molar-refractivity contribution in [3.8, 4) is 16.9 Å². The third kappa shape index (κ3) is 4.26. The number of benzene rings is 3. The zero-order valence-electron chi connectivity index (χ0n) is 18.3. The van der Waals surface area contributed by atoms with Gasteiger partial charge in [0.15, 0.2) is 0 Å². The van der Waals surface area contributed by atoms with Crippen LogP contribution in [0.25, 0.3) is 27.7 Å². The van der Waals surface area contributed by atoms with E-state index < -0.39 is 9.85 Å². The van der Waals surface area contributed by atoms with Gasteiger partial charge in [-0.3, -0.25) is 20.2 Å². The fourth-order valence-electron chi connectivity index (χ4n) is 4.51. The molecule has 9 heteroatoms. The summed E-state index contributed by atoms with van der Waals surface area (Å²) in [6, 6.07) is 17.8. The molecule has 0 atom stereocenters. The lowest BCUT2D eigenvalue weighted by atomic mass is 10.0. The van der Waals surface area contributed by atoms with Crippen molar-refractivity contribution in [3.63, 3.8) is 0 Å². The molecule has 0 N–H and O–H groups in total. The Balaban J connectivity index is 1.67. The molecule has 4 aromatic rings. The van der Waals surface area contributed by atoms with Crippen molar-refractivity contribution < 1.29 is 9.85 Å². The summed E-state index contributed by atoms with van der Waals surface area (Å²) in [5.41, 5.74) is 1.25. The molecule has 1 aromatic heterocycles. The number of non-ortho nitro benzene ring substituents is 1. The fraction of sp³-hybridized carbons (Fsp3) is 0.240. The number of hydrogen-bond acceptors (Lipinski definition) is 6.